The van der Waals surface area contributed by atoms with E-state index in [0.29, 0.717) is 11.5 Å². The van der Waals surface area contributed by atoms with E-state index in [4.69, 9.17) is 14.2 Å². The monoisotopic (exact) mass is 376 g/mol. The van der Waals surface area contributed by atoms with Crippen molar-refractivity contribution in [2.75, 3.05) is 27.4 Å². The van der Waals surface area contributed by atoms with Gasteiger partial charge in [-0.3, -0.25) is 9.59 Å². The molecule has 1 saturated heterocycles. The van der Waals surface area contributed by atoms with Gasteiger partial charge in [-0.15, -0.1) is 0 Å². The molecule has 1 aliphatic heterocycles. The van der Waals surface area contributed by atoms with Gasteiger partial charge in [0.05, 0.1) is 27.4 Å². The molecule has 7 heteroatoms. The highest BCUT2D eigenvalue weighted by Crippen LogP contribution is 2.27. The second-order valence-corrected chi connectivity index (χ2v) is 7.07. The lowest BCUT2D eigenvalue weighted by Crippen LogP contribution is -2.57. The second kappa shape index (κ2) is 9.08. The van der Waals surface area contributed by atoms with Crippen LogP contribution in [0, 0.1) is 0 Å². The summed E-state index contributed by atoms with van der Waals surface area (Å²) in [6, 6.07) is 5.02. The highest BCUT2D eigenvalue weighted by atomic mass is 16.5. The van der Waals surface area contributed by atoms with Crippen LogP contribution in [-0.4, -0.2) is 56.2 Å². The minimum Gasteiger partial charge on any atom is -0.497 e. The van der Waals surface area contributed by atoms with E-state index in [1.807, 2.05) is 12.1 Å². The highest BCUT2D eigenvalue weighted by Gasteiger charge is 2.35. The Kier molecular flexibility index (Phi) is 6.55. The Balaban J connectivity index is 1.74. The van der Waals surface area contributed by atoms with Gasteiger partial charge in [0.2, 0.25) is 11.8 Å². The Morgan fingerprint density at radius 1 is 1.22 bits per heavy atom. The fourth-order valence-electron chi connectivity index (χ4n) is 3.73. The van der Waals surface area contributed by atoms with Crippen LogP contribution in [0.25, 0.3) is 0 Å². The lowest BCUT2D eigenvalue weighted by molar-refractivity contribution is -0.156. The summed E-state index contributed by atoms with van der Waals surface area (Å²) >= 11 is 0. The predicted octanol–water partition coefficient (Wildman–Crippen LogP) is 1.88. The van der Waals surface area contributed by atoms with Crippen molar-refractivity contribution >= 4 is 11.8 Å². The van der Waals surface area contributed by atoms with Crippen LogP contribution >= 0.6 is 0 Å². The molecular weight excluding hydrogens is 348 g/mol. The van der Waals surface area contributed by atoms with Gasteiger partial charge in [-0.1, -0.05) is 19.3 Å². The third kappa shape index (κ3) is 4.71. The third-order valence-corrected chi connectivity index (χ3v) is 5.29. The largest absolute Gasteiger partial charge is 0.497 e. The van der Waals surface area contributed by atoms with E-state index in [1.165, 1.54) is 6.42 Å². The number of hydrogen-bond acceptors (Lipinski definition) is 5. The van der Waals surface area contributed by atoms with Crippen LogP contribution in [-0.2, 0) is 20.9 Å². The van der Waals surface area contributed by atoms with Gasteiger partial charge in [-0.2, -0.15) is 0 Å². The van der Waals surface area contributed by atoms with Crippen molar-refractivity contribution in [2.45, 2.75) is 50.7 Å². The van der Waals surface area contributed by atoms with E-state index >= 15 is 0 Å². The number of carbonyl (C=O) groups is 2. The van der Waals surface area contributed by atoms with Crippen molar-refractivity contribution in [2.24, 2.45) is 0 Å². The van der Waals surface area contributed by atoms with Gasteiger partial charge in [0.25, 0.3) is 0 Å². The number of nitrogens with one attached hydrogen (secondary N) is 1. The molecule has 1 aromatic carbocycles. The molecule has 7 nitrogen and oxygen atoms in total. The number of methoxy groups -OCH3 is 2. The van der Waals surface area contributed by atoms with Gasteiger partial charge >= 0.3 is 0 Å². The molecule has 0 aromatic heterocycles. The summed E-state index contributed by atoms with van der Waals surface area (Å²) in [5.41, 5.74) is 0.823. The maximum absolute atomic E-state index is 12.8. The predicted molar refractivity (Wildman–Crippen MR) is 99.7 cm³/mol. The standard InChI is InChI=1S/C20H28N2O5/c1-25-16-9-8-14(18(10-16)26-2)11-22-17(12-27-13-19(22)23)20(24)21-15-6-4-3-5-7-15/h8-10,15,17H,3-7,11-13H2,1-2H3,(H,21,24)/t17-/m0/s1. The maximum Gasteiger partial charge on any atom is 0.249 e. The first-order valence-corrected chi connectivity index (χ1v) is 9.51. The van der Waals surface area contributed by atoms with Crippen molar-refractivity contribution in [3.05, 3.63) is 23.8 Å². The number of benzene rings is 1. The van der Waals surface area contributed by atoms with Crippen molar-refractivity contribution in [1.82, 2.24) is 10.2 Å². The number of amides is 2. The molecule has 0 unspecified atom stereocenters. The Hall–Kier alpha value is -2.28. The number of nitrogens with zero attached hydrogens (tertiary/aromatic N) is 1. The molecule has 1 N–H and O–H groups in total. The molecule has 0 spiro atoms. The Morgan fingerprint density at radius 2 is 2.00 bits per heavy atom. The van der Waals surface area contributed by atoms with E-state index in [9.17, 15) is 9.59 Å². The van der Waals surface area contributed by atoms with E-state index in [2.05, 4.69) is 5.32 Å². The average Bonchev–Trinajstić information content (AvgIpc) is 2.70. The van der Waals surface area contributed by atoms with E-state index in [1.54, 1.807) is 25.2 Å². The Labute approximate surface area is 160 Å². The van der Waals surface area contributed by atoms with Crippen molar-refractivity contribution in [3.8, 4) is 11.5 Å². The summed E-state index contributed by atoms with van der Waals surface area (Å²) < 4.78 is 16.0. The van der Waals surface area contributed by atoms with Crippen LogP contribution in [0.4, 0.5) is 0 Å². The number of ether oxygens (including phenoxy) is 3. The molecular formula is C20H28N2O5. The molecule has 1 atom stereocenters. The Bertz CT molecular complexity index is 672. The van der Waals surface area contributed by atoms with Crippen molar-refractivity contribution in [3.63, 3.8) is 0 Å². The van der Waals surface area contributed by atoms with E-state index in [-0.39, 0.29) is 37.6 Å². The molecule has 1 aliphatic carbocycles. The van der Waals surface area contributed by atoms with Gasteiger partial charge < -0.3 is 24.4 Å². The van der Waals surface area contributed by atoms with E-state index < -0.39 is 6.04 Å². The summed E-state index contributed by atoms with van der Waals surface area (Å²) in [7, 11) is 3.16. The number of hydrogen-bond donors (Lipinski definition) is 1. The summed E-state index contributed by atoms with van der Waals surface area (Å²) in [4.78, 5) is 26.9. The minimum atomic E-state index is -0.625. The number of rotatable bonds is 6. The fourth-order valence-corrected chi connectivity index (χ4v) is 3.73. The van der Waals surface area contributed by atoms with Gasteiger partial charge in [0.15, 0.2) is 0 Å². The first-order valence-electron chi connectivity index (χ1n) is 9.51. The van der Waals surface area contributed by atoms with Gasteiger partial charge in [-0.25, -0.2) is 0 Å². The molecule has 0 radical (unpaired) electrons. The lowest BCUT2D eigenvalue weighted by Gasteiger charge is -2.36. The molecule has 148 valence electrons. The first-order chi connectivity index (χ1) is 13.1. The topological polar surface area (TPSA) is 77.1 Å². The summed E-state index contributed by atoms with van der Waals surface area (Å²) in [5, 5.41) is 3.11. The zero-order valence-corrected chi connectivity index (χ0v) is 16.0. The third-order valence-electron chi connectivity index (χ3n) is 5.29. The van der Waals surface area contributed by atoms with Crippen LogP contribution in [0.2, 0.25) is 0 Å². The number of carbonyl (C=O) groups excluding carboxylic acids is 2. The summed E-state index contributed by atoms with van der Waals surface area (Å²) in [6.45, 7) is 0.493. The maximum atomic E-state index is 12.8. The Morgan fingerprint density at radius 3 is 2.70 bits per heavy atom. The van der Waals surface area contributed by atoms with Crippen LogP contribution < -0.4 is 14.8 Å². The van der Waals surface area contributed by atoms with Crippen LogP contribution in [0.15, 0.2) is 18.2 Å². The van der Waals surface area contributed by atoms with Crippen LogP contribution in [0.3, 0.4) is 0 Å². The van der Waals surface area contributed by atoms with Gasteiger partial charge in [-0.05, 0) is 25.0 Å². The molecule has 3 rings (SSSR count). The van der Waals surface area contributed by atoms with Crippen molar-refractivity contribution in [1.29, 1.82) is 0 Å². The summed E-state index contributed by atoms with van der Waals surface area (Å²) in [5.74, 6) is 0.973. The van der Waals surface area contributed by atoms with Crippen LogP contribution in [0.5, 0.6) is 11.5 Å². The lowest BCUT2D eigenvalue weighted by atomic mass is 9.95. The smallest absolute Gasteiger partial charge is 0.249 e. The minimum absolute atomic E-state index is 0.00826. The molecule has 2 aliphatic rings. The molecule has 1 heterocycles. The number of morpholine rings is 1. The first kappa shape index (κ1) is 19.5. The quantitative estimate of drug-likeness (QED) is 0.820. The molecule has 0 bridgehead atoms. The van der Waals surface area contributed by atoms with Crippen LogP contribution in [0.1, 0.15) is 37.7 Å². The zero-order chi connectivity index (χ0) is 19.2. The molecule has 2 fully saturated rings. The van der Waals surface area contributed by atoms with E-state index in [0.717, 1.165) is 31.2 Å². The normalized spacial score (nSPS) is 21.0. The SMILES string of the molecule is COc1ccc(CN2C(=O)COC[C@H]2C(=O)NC2CCCCC2)c(OC)c1. The molecule has 1 saturated carbocycles. The second-order valence-electron chi connectivity index (χ2n) is 7.07. The molecule has 1 aromatic rings. The van der Waals surface area contributed by atoms with Gasteiger partial charge in [0, 0.05) is 17.7 Å². The fraction of sp³-hybridized carbons (Fsp3) is 0.600. The van der Waals surface area contributed by atoms with Gasteiger partial charge in [0.1, 0.15) is 24.1 Å². The average molecular weight is 376 g/mol. The van der Waals surface area contributed by atoms with Crippen molar-refractivity contribution < 1.29 is 23.8 Å². The zero-order valence-electron chi connectivity index (χ0n) is 16.0. The molecule has 27 heavy (non-hydrogen) atoms. The highest BCUT2D eigenvalue weighted by molar-refractivity contribution is 5.89. The summed E-state index contributed by atoms with van der Waals surface area (Å²) in [6.07, 6.45) is 5.50. The molecule has 2 amide bonds.